The van der Waals surface area contributed by atoms with Crippen molar-refractivity contribution in [2.75, 3.05) is 5.32 Å². The highest BCUT2D eigenvalue weighted by Crippen LogP contribution is 2.33. The van der Waals surface area contributed by atoms with Crippen molar-refractivity contribution in [3.8, 4) is 0 Å². The maximum Gasteiger partial charge on any atom is 0.416 e. The third-order valence-corrected chi connectivity index (χ3v) is 4.06. The fraction of sp³-hybridized carbons (Fsp3) is 0.533. The van der Waals surface area contributed by atoms with Crippen molar-refractivity contribution in [1.82, 2.24) is 5.32 Å². The minimum Gasteiger partial charge on any atom is -0.335 e. The smallest absolute Gasteiger partial charge is 0.335 e. The van der Waals surface area contributed by atoms with Crippen LogP contribution in [0.3, 0.4) is 0 Å². The number of halogens is 4. The molecule has 0 radical (unpaired) electrons. The molecule has 2 N–H and O–H groups in total. The zero-order valence-corrected chi connectivity index (χ0v) is 12.7. The molecule has 0 bridgehead atoms. The minimum atomic E-state index is -4.47. The molecule has 2 amide bonds. The maximum atomic E-state index is 12.7. The number of hydrogen-bond donors (Lipinski definition) is 2. The van der Waals surface area contributed by atoms with Crippen LogP contribution in [-0.4, -0.2) is 12.1 Å². The van der Waals surface area contributed by atoms with Crippen molar-refractivity contribution in [2.45, 2.75) is 50.7 Å². The van der Waals surface area contributed by atoms with Gasteiger partial charge >= 0.3 is 12.2 Å². The van der Waals surface area contributed by atoms with Crippen LogP contribution in [0.4, 0.5) is 23.7 Å². The molecule has 0 aliphatic heterocycles. The van der Waals surface area contributed by atoms with Gasteiger partial charge in [-0.05, 0) is 31.0 Å². The lowest BCUT2D eigenvalue weighted by atomic mass is 10.1. The van der Waals surface area contributed by atoms with E-state index < -0.39 is 17.8 Å². The van der Waals surface area contributed by atoms with Gasteiger partial charge in [0, 0.05) is 6.04 Å². The summed E-state index contributed by atoms with van der Waals surface area (Å²) in [5.74, 6) is 0. The Bertz CT molecular complexity index is 526. The average Bonchev–Trinajstić information content (AvgIpc) is 2.68. The van der Waals surface area contributed by atoms with Crippen LogP contribution >= 0.6 is 11.6 Å². The van der Waals surface area contributed by atoms with E-state index in [9.17, 15) is 18.0 Å². The van der Waals surface area contributed by atoms with Crippen LogP contribution in [-0.2, 0) is 6.18 Å². The fourth-order valence-electron chi connectivity index (χ4n) is 2.56. The first-order valence-electron chi connectivity index (χ1n) is 7.30. The van der Waals surface area contributed by atoms with E-state index in [-0.39, 0.29) is 16.8 Å². The van der Waals surface area contributed by atoms with E-state index in [2.05, 4.69) is 10.6 Å². The zero-order chi connectivity index (χ0) is 16.2. The van der Waals surface area contributed by atoms with E-state index in [1.54, 1.807) is 0 Å². The van der Waals surface area contributed by atoms with Crippen LogP contribution in [0, 0.1) is 0 Å². The van der Waals surface area contributed by atoms with E-state index in [0.717, 1.165) is 56.7 Å². The predicted octanol–water partition coefficient (Wildman–Crippen LogP) is 5.20. The molecule has 1 aromatic carbocycles. The second kappa shape index (κ2) is 7.22. The summed E-state index contributed by atoms with van der Waals surface area (Å²) in [6.07, 6.45) is 1.72. The van der Waals surface area contributed by atoms with Gasteiger partial charge in [0.05, 0.1) is 16.3 Å². The Labute approximate surface area is 132 Å². The molecular weight excluding hydrogens is 317 g/mol. The largest absolute Gasteiger partial charge is 0.416 e. The molecule has 1 aromatic rings. The van der Waals surface area contributed by atoms with Gasteiger partial charge in [0.15, 0.2) is 0 Å². The van der Waals surface area contributed by atoms with E-state index in [1.165, 1.54) is 0 Å². The van der Waals surface area contributed by atoms with Gasteiger partial charge in [-0.1, -0.05) is 37.3 Å². The molecular formula is C15H18ClF3N2O. The average molecular weight is 335 g/mol. The number of nitrogens with one attached hydrogen (secondary N) is 2. The molecule has 22 heavy (non-hydrogen) atoms. The molecule has 0 unspecified atom stereocenters. The van der Waals surface area contributed by atoms with Crippen molar-refractivity contribution in [3.63, 3.8) is 0 Å². The quantitative estimate of drug-likeness (QED) is 0.717. The van der Waals surface area contributed by atoms with Gasteiger partial charge < -0.3 is 10.6 Å². The third-order valence-electron chi connectivity index (χ3n) is 3.73. The number of carbonyl (C=O) groups is 1. The summed E-state index contributed by atoms with van der Waals surface area (Å²) in [5.41, 5.74) is -0.885. The Morgan fingerprint density at radius 1 is 1.14 bits per heavy atom. The summed E-state index contributed by atoms with van der Waals surface area (Å²) >= 11 is 5.85. The molecule has 2 rings (SSSR count). The monoisotopic (exact) mass is 334 g/mol. The second-order valence-electron chi connectivity index (χ2n) is 5.48. The standard InChI is InChI=1S/C15H18ClF3N2O/c16-12-8-7-10(15(17,18)19)9-13(12)21-14(22)20-11-5-3-1-2-4-6-11/h7-9,11H,1-6H2,(H2,20,21,22). The van der Waals surface area contributed by atoms with E-state index in [0.29, 0.717) is 0 Å². The molecule has 1 saturated carbocycles. The number of carbonyl (C=O) groups excluding carboxylic acids is 1. The Balaban J connectivity index is 2.01. The molecule has 1 aliphatic carbocycles. The maximum absolute atomic E-state index is 12.7. The molecule has 1 fully saturated rings. The van der Waals surface area contributed by atoms with Gasteiger partial charge in [-0.15, -0.1) is 0 Å². The van der Waals surface area contributed by atoms with Gasteiger partial charge in [-0.3, -0.25) is 0 Å². The number of hydrogen-bond acceptors (Lipinski definition) is 1. The highest BCUT2D eigenvalue weighted by molar-refractivity contribution is 6.33. The topological polar surface area (TPSA) is 41.1 Å². The van der Waals surface area contributed by atoms with Gasteiger partial charge in [-0.25, -0.2) is 4.79 Å². The normalized spacial score (nSPS) is 16.9. The van der Waals surface area contributed by atoms with Gasteiger partial charge in [0.25, 0.3) is 0 Å². The molecule has 0 atom stereocenters. The Morgan fingerprint density at radius 3 is 2.36 bits per heavy atom. The summed E-state index contributed by atoms with van der Waals surface area (Å²) in [6, 6.07) is 2.40. The zero-order valence-electron chi connectivity index (χ0n) is 12.0. The Morgan fingerprint density at radius 2 is 1.77 bits per heavy atom. The number of alkyl halides is 3. The van der Waals surface area contributed by atoms with Crippen LogP contribution in [0.5, 0.6) is 0 Å². The second-order valence-corrected chi connectivity index (χ2v) is 5.89. The highest BCUT2D eigenvalue weighted by Gasteiger charge is 2.31. The summed E-state index contributed by atoms with van der Waals surface area (Å²) in [7, 11) is 0. The number of benzene rings is 1. The van der Waals surface area contributed by atoms with Crippen LogP contribution in [0.25, 0.3) is 0 Å². The van der Waals surface area contributed by atoms with Crippen LogP contribution < -0.4 is 10.6 Å². The van der Waals surface area contributed by atoms with Crippen molar-refractivity contribution < 1.29 is 18.0 Å². The summed E-state index contributed by atoms with van der Waals surface area (Å²) in [6.45, 7) is 0. The van der Waals surface area contributed by atoms with E-state index >= 15 is 0 Å². The summed E-state index contributed by atoms with van der Waals surface area (Å²) < 4.78 is 38.1. The highest BCUT2D eigenvalue weighted by atomic mass is 35.5. The lowest BCUT2D eigenvalue weighted by Gasteiger charge is -2.17. The molecule has 7 heteroatoms. The summed E-state index contributed by atoms with van der Waals surface area (Å²) in [5, 5.41) is 5.28. The van der Waals surface area contributed by atoms with Crippen LogP contribution in [0.15, 0.2) is 18.2 Å². The minimum absolute atomic E-state index is 0.0392. The van der Waals surface area contributed by atoms with Gasteiger partial charge in [0.1, 0.15) is 0 Å². The third kappa shape index (κ3) is 4.80. The number of amides is 2. The first-order chi connectivity index (χ1) is 10.4. The molecule has 1 aliphatic rings. The molecule has 0 aromatic heterocycles. The van der Waals surface area contributed by atoms with Crippen molar-refractivity contribution in [3.05, 3.63) is 28.8 Å². The molecule has 122 valence electrons. The first kappa shape index (κ1) is 16.9. The lowest BCUT2D eigenvalue weighted by molar-refractivity contribution is -0.137. The van der Waals surface area contributed by atoms with Gasteiger partial charge in [-0.2, -0.15) is 13.2 Å². The molecule has 0 saturated heterocycles. The molecule has 0 spiro atoms. The van der Waals surface area contributed by atoms with E-state index in [1.807, 2.05) is 0 Å². The SMILES string of the molecule is O=C(Nc1cc(C(F)(F)F)ccc1Cl)NC1CCCCCC1. The Kier molecular flexibility index (Phi) is 5.56. The molecule has 3 nitrogen and oxygen atoms in total. The molecule has 0 heterocycles. The van der Waals surface area contributed by atoms with Crippen molar-refractivity contribution in [1.29, 1.82) is 0 Å². The Hall–Kier alpha value is -1.43. The van der Waals surface area contributed by atoms with Gasteiger partial charge in [0.2, 0.25) is 0 Å². The van der Waals surface area contributed by atoms with Crippen LogP contribution in [0.1, 0.15) is 44.1 Å². The first-order valence-corrected chi connectivity index (χ1v) is 7.68. The number of anilines is 1. The van der Waals surface area contributed by atoms with E-state index in [4.69, 9.17) is 11.6 Å². The van der Waals surface area contributed by atoms with Crippen molar-refractivity contribution >= 4 is 23.3 Å². The number of urea groups is 1. The predicted molar refractivity (Wildman–Crippen MR) is 80.1 cm³/mol. The van der Waals surface area contributed by atoms with Crippen molar-refractivity contribution in [2.24, 2.45) is 0 Å². The summed E-state index contributed by atoms with van der Waals surface area (Å²) in [4.78, 5) is 11.9. The van der Waals surface area contributed by atoms with Crippen LogP contribution in [0.2, 0.25) is 5.02 Å². The lowest BCUT2D eigenvalue weighted by Crippen LogP contribution is -2.37. The fourth-order valence-corrected chi connectivity index (χ4v) is 2.73. The number of rotatable bonds is 2.